The second-order valence-electron chi connectivity index (χ2n) is 6.83. The lowest BCUT2D eigenvalue weighted by molar-refractivity contribution is -0.169. The van der Waals surface area contributed by atoms with E-state index < -0.39 is 12.2 Å². The van der Waals surface area contributed by atoms with E-state index in [0.29, 0.717) is 57.3 Å². The quantitative estimate of drug-likeness (QED) is 0.814. The van der Waals surface area contributed by atoms with E-state index in [2.05, 4.69) is 15.1 Å². The Hall–Kier alpha value is -2.13. The average molecular weight is 379 g/mol. The zero-order valence-corrected chi connectivity index (χ0v) is 15.5. The molecule has 7 nitrogen and oxygen atoms in total. The maximum absolute atomic E-state index is 13.5. The maximum atomic E-state index is 13.5. The number of hydrogen-bond acceptors (Lipinski definition) is 6. The van der Waals surface area contributed by atoms with Crippen LogP contribution >= 0.6 is 0 Å². The van der Waals surface area contributed by atoms with Gasteiger partial charge in [-0.05, 0) is 19.9 Å². The Morgan fingerprint density at radius 1 is 1.19 bits per heavy atom. The number of piperidine rings is 1. The Labute approximate surface area is 156 Å². The molecule has 0 saturated carbocycles. The van der Waals surface area contributed by atoms with Gasteiger partial charge in [0.2, 0.25) is 5.95 Å². The van der Waals surface area contributed by atoms with Crippen molar-refractivity contribution in [1.82, 2.24) is 19.7 Å². The molecule has 0 radical (unpaired) electrons. The highest BCUT2D eigenvalue weighted by molar-refractivity contribution is 5.63. The van der Waals surface area contributed by atoms with Crippen molar-refractivity contribution in [3.63, 3.8) is 0 Å². The molecule has 0 amide bonds. The van der Waals surface area contributed by atoms with E-state index >= 15 is 0 Å². The first-order valence-corrected chi connectivity index (χ1v) is 9.24. The van der Waals surface area contributed by atoms with Crippen LogP contribution in [0.25, 0.3) is 11.3 Å². The molecule has 2 saturated heterocycles. The van der Waals surface area contributed by atoms with Crippen LogP contribution < -0.4 is 4.90 Å². The lowest BCUT2D eigenvalue weighted by Crippen LogP contribution is -2.45. The number of aromatic nitrogens is 4. The second kappa shape index (κ2) is 7.12. The molecule has 4 heterocycles. The number of aryl methyl sites for hydroxylation is 1. The summed E-state index contributed by atoms with van der Waals surface area (Å²) in [6, 6.07) is 1.35. The topological polar surface area (TPSA) is 65.3 Å². The Bertz CT molecular complexity index is 810. The smallest absolute Gasteiger partial charge is 0.280 e. The first-order chi connectivity index (χ1) is 13.0. The van der Waals surface area contributed by atoms with Crippen LogP contribution in [0, 0.1) is 6.92 Å². The zero-order valence-electron chi connectivity index (χ0n) is 15.5. The minimum Gasteiger partial charge on any atom is -0.347 e. The van der Waals surface area contributed by atoms with Gasteiger partial charge in [0.25, 0.3) is 6.43 Å². The molecule has 27 heavy (non-hydrogen) atoms. The summed E-state index contributed by atoms with van der Waals surface area (Å²) in [5.74, 6) is -0.210. The monoisotopic (exact) mass is 379 g/mol. The van der Waals surface area contributed by atoms with Crippen molar-refractivity contribution in [2.45, 2.75) is 45.4 Å². The molecular formula is C18H23F2N5O2. The van der Waals surface area contributed by atoms with Crippen molar-refractivity contribution >= 4 is 5.95 Å². The fourth-order valence-electron chi connectivity index (χ4n) is 3.69. The van der Waals surface area contributed by atoms with E-state index in [1.165, 1.54) is 6.07 Å². The van der Waals surface area contributed by atoms with Crippen LogP contribution in [-0.4, -0.2) is 51.8 Å². The summed E-state index contributed by atoms with van der Waals surface area (Å²) in [6.45, 7) is 6.99. The fourth-order valence-corrected chi connectivity index (χ4v) is 3.69. The van der Waals surface area contributed by atoms with Crippen molar-refractivity contribution in [3.05, 3.63) is 23.7 Å². The van der Waals surface area contributed by atoms with Crippen molar-refractivity contribution in [3.8, 4) is 11.3 Å². The second-order valence-corrected chi connectivity index (χ2v) is 6.83. The standard InChI is InChI=1S/C18H23F2N5O2/c1-3-25-12(2)13(11-21-25)14-10-15(16(19)20)23-17(22-14)24-6-4-18(5-7-24)26-8-9-27-18/h10-11,16H,3-9H2,1-2H3. The molecule has 2 aromatic heterocycles. The molecule has 9 heteroatoms. The normalized spacial score (nSPS) is 19.4. The van der Waals surface area contributed by atoms with Crippen molar-refractivity contribution in [1.29, 1.82) is 0 Å². The number of hydrogen-bond donors (Lipinski definition) is 0. The molecule has 0 aromatic carbocycles. The molecule has 2 aliphatic rings. The van der Waals surface area contributed by atoms with Gasteiger partial charge in [-0.25, -0.2) is 18.7 Å². The molecule has 0 atom stereocenters. The molecule has 4 rings (SSSR count). The van der Waals surface area contributed by atoms with Gasteiger partial charge >= 0.3 is 0 Å². The van der Waals surface area contributed by atoms with E-state index in [9.17, 15) is 8.78 Å². The number of alkyl halides is 2. The predicted octanol–water partition coefficient (Wildman–Crippen LogP) is 2.95. The van der Waals surface area contributed by atoms with Gasteiger partial charge in [-0.3, -0.25) is 4.68 Å². The van der Waals surface area contributed by atoms with Crippen molar-refractivity contribution < 1.29 is 18.3 Å². The third kappa shape index (κ3) is 3.41. The van der Waals surface area contributed by atoms with Crippen LogP contribution in [0.1, 0.15) is 37.6 Å². The zero-order chi connectivity index (χ0) is 19.0. The van der Waals surface area contributed by atoms with Crippen LogP contribution in [0.15, 0.2) is 12.3 Å². The summed E-state index contributed by atoms with van der Waals surface area (Å²) in [7, 11) is 0. The Kier molecular flexibility index (Phi) is 4.81. The van der Waals surface area contributed by atoms with Gasteiger partial charge in [0.15, 0.2) is 5.79 Å². The molecule has 0 unspecified atom stereocenters. The van der Waals surface area contributed by atoms with E-state index in [4.69, 9.17) is 9.47 Å². The Morgan fingerprint density at radius 3 is 2.48 bits per heavy atom. The van der Waals surface area contributed by atoms with E-state index in [1.54, 1.807) is 6.20 Å². The van der Waals surface area contributed by atoms with Gasteiger partial charge in [-0.1, -0.05) is 0 Å². The summed E-state index contributed by atoms with van der Waals surface area (Å²) in [5, 5.41) is 4.30. The predicted molar refractivity (Wildman–Crippen MR) is 94.7 cm³/mol. The molecule has 1 spiro atoms. The van der Waals surface area contributed by atoms with E-state index in [-0.39, 0.29) is 5.69 Å². The summed E-state index contributed by atoms with van der Waals surface area (Å²) in [5.41, 5.74) is 1.85. The van der Waals surface area contributed by atoms with Gasteiger partial charge in [-0.15, -0.1) is 0 Å². The minimum atomic E-state index is -2.66. The number of nitrogens with zero attached hydrogens (tertiary/aromatic N) is 5. The molecule has 2 aliphatic heterocycles. The van der Waals surface area contributed by atoms with Crippen molar-refractivity contribution in [2.75, 3.05) is 31.2 Å². The number of halogens is 2. The average Bonchev–Trinajstić information content (AvgIpc) is 3.28. The number of ether oxygens (including phenoxy) is 2. The van der Waals surface area contributed by atoms with Gasteiger partial charge in [0.05, 0.1) is 25.1 Å². The first kappa shape index (κ1) is 18.2. The molecular weight excluding hydrogens is 356 g/mol. The van der Waals surface area contributed by atoms with Crippen LogP contribution in [-0.2, 0) is 16.0 Å². The maximum Gasteiger partial charge on any atom is 0.280 e. The Balaban J connectivity index is 1.64. The summed E-state index contributed by atoms with van der Waals surface area (Å²) < 4.78 is 40.2. The van der Waals surface area contributed by atoms with Gasteiger partial charge < -0.3 is 14.4 Å². The summed E-state index contributed by atoms with van der Waals surface area (Å²) in [4.78, 5) is 10.6. The third-order valence-electron chi connectivity index (χ3n) is 5.26. The molecule has 2 fully saturated rings. The van der Waals surface area contributed by atoms with E-state index in [1.807, 2.05) is 23.4 Å². The summed E-state index contributed by atoms with van der Waals surface area (Å²) in [6.07, 6.45) is 0.338. The molecule has 0 bridgehead atoms. The highest BCUT2D eigenvalue weighted by atomic mass is 19.3. The van der Waals surface area contributed by atoms with Crippen LogP contribution in [0.5, 0.6) is 0 Å². The number of anilines is 1. The van der Waals surface area contributed by atoms with Gasteiger partial charge in [0.1, 0.15) is 5.69 Å². The van der Waals surface area contributed by atoms with E-state index in [0.717, 1.165) is 11.3 Å². The minimum absolute atomic E-state index is 0.271. The molecule has 0 N–H and O–H groups in total. The van der Waals surface area contributed by atoms with Crippen LogP contribution in [0.4, 0.5) is 14.7 Å². The third-order valence-corrected chi connectivity index (χ3v) is 5.26. The lowest BCUT2D eigenvalue weighted by Gasteiger charge is -2.37. The van der Waals surface area contributed by atoms with Gasteiger partial charge in [-0.2, -0.15) is 5.10 Å². The van der Waals surface area contributed by atoms with Crippen molar-refractivity contribution in [2.24, 2.45) is 0 Å². The SMILES string of the molecule is CCn1ncc(-c2cc(C(F)F)nc(N3CCC4(CC3)OCCO4)n2)c1C. The molecule has 0 aliphatic carbocycles. The highest BCUT2D eigenvalue weighted by Crippen LogP contribution is 2.34. The lowest BCUT2D eigenvalue weighted by atomic mass is 10.0. The van der Waals surface area contributed by atoms with Crippen LogP contribution in [0.2, 0.25) is 0 Å². The number of rotatable bonds is 4. The largest absolute Gasteiger partial charge is 0.347 e. The Morgan fingerprint density at radius 2 is 1.89 bits per heavy atom. The highest BCUT2D eigenvalue weighted by Gasteiger charge is 2.40. The summed E-state index contributed by atoms with van der Waals surface area (Å²) >= 11 is 0. The fraction of sp³-hybridized carbons (Fsp3) is 0.611. The van der Waals surface area contributed by atoms with Crippen LogP contribution in [0.3, 0.4) is 0 Å². The molecule has 146 valence electrons. The molecule has 2 aromatic rings. The first-order valence-electron chi connectivity index (χ1n) is 9.24. The van der Waals surface area contributed by atoms with Gasteiger partial charge in [0, 0.05) is 43.7 Å².